The van der Waals surface area contributed by atoms with Crippen molar-refractivity contribution in [3.63, 3.8) is 0 Å². The summed E-state index contributed by atoms with van der Waals surface area (Å²) in [5, 5.41) is 2.36. The topological polar surface area (TPSA) is 55.4 Å². The smallest absolute Gasteiger partial charge is 0.240 e. The van der Waals surface area contributed by atoms with Crippen molar-refractivity contribution in [2.45, 2.75) is 24.3 Å². The van der Waals surface area contributed by atoms with Crippen LogP contribution in [0.3, 0.4) is 0 Å². The van der Waals surface area contributed by atoms with E-state index < -0.39 is 10.0 Å². The first kappa shape index (κ1) is 18.2. The van der Waals surface area contributed by atoms with Crippen molar-refractivity contribution in [2.75, 3.05) is 13.2 Å². The van der Waals surface area contributed by atoms with Gasteiger partial charge in [-0.1, -0.05) is 54.1 Å². The molecule has 0 unspecified atom stereocenters. The highest BCUT2D eigenvalue weighted by Gasteiger charge is 2.31. The monoisotopic (exact) mass is 381 g/mol. The van der Waals surface area contributed by atoms with Gasteiger partial charge in [0.25, 0.3) is 0 Å². The van der Waals surface area contributed by atoms with E-state index in [1.807, 2.05) is 31.2 Å². The summed E-state index contributed by atoms with van der Waals surface area (Å²) in [5.41, 5.74) is 2.14. The Kier molecular flexibility index (Phi) is 5.00. The Hall–Kier alpha value is -2.21. The van der Waals surface area contributed by atoms with Gasteiger partial charge in [0.05, 0.1) is 11.0 Å². The van der Waals surface area contributed by atoms with Crippen LogP contribution in [0.2, 0.25) is 0 Å². The quantitative estimate of drug-likeness (QED) is 0.720. The second kappa shape index (κ2) is 7.43. The maximum Gasteiger partial charge on any atom is 0.240 e. The fraction of sp³-hybridized carbons (Fsp3) is 0.273. The first-order chi connectivity index (χ1) is 13.0. The number of aryl methyl sites for hydroxylation is 1. The van der Waals surface area contributed by atoms with E-state index in [9.17, 15) is 8.42 Å². The van der Waals surface area contributed by atoms with Crippen LogP contribution in [0, 0.1) is 12.8 Å². The molecule has 0 bridgehead atoms. The lowest BCUT2D eigenvalue weighted by Crippen LogP contribution is -2.30. The second-order valence-electron chi connectivity index (χ2n) is 7.11. The summed E-state index contributed by atoms with van der Waals surface area (Å²) in [5.74, 6) is 0.117. The molecule has 5 heteroatoms. The minimum absolute atomic E-state index is 0.0877. The van der Waals surface area contributed by atoms with Gasteiger partial charge >= 0.3 is 0 Å². The number of hydrogen-bond acceptors (Lipinski definition) is 3. The number of rotatable bonds is 5. The molecule has 2 atom stereocenters. The van der Waals surface area contributed by atoms with Crippen molar-refractivity contribution in [1.29, 1.82) is 0 Å². The molecule has 1 saturated heterocycles. The SMILES string of the molecule is Cc1ccc(S(=O)(=O)NC[C@@H]2CCO[C@@H]2c2ccc3ccccc3c2)cc1. The molecule has 140 valence electrons. The Bertz CT molecular complexity index is 1040. The first-order valence-electron chi connectivity index (χ1n) is 9.19. The zero-order valence-electron chi connectivity index (χ0n) is 15.3. The van der Waals surface area contributed by atoms with E-state index in [0.717, 1.165) is 17.5 Å². The first-order valence-corrected chi connectivity index (χ1v) is 10.7. The molecular weight excluding hydrogens is 358 g/mol. The van der Waals surface area contributed by atoms with E-state index in [2.05, 4.69) is 35.1 Å². The van der Waals surface area contributed by atoms with E-state index in [4.69, 9.17) is 4.74 Å². The maximum atomic E-state index is 12.6. The van der Waals surface area contributed by atoms with Crippen LogP contribution < -0.4 is 4.72 Å². The molecular formula is C22H23NO3S. The fourth-order valence-corrected chi connectivity index (χ4v) is 4.71. The molecule has 1 heterocycles. The van der Waals surface area contributed by atoms with Crippen molar-refractivity contribution in [1.82, 2.24) is 4.72 Å². The van der Waals surface area contributed by atoms with Gasteiger partial charge in [-0.15, -0.1) is 0 Å². The molecule has 0 spiro atoms. The number of sulfonamides is 1. The van der Waals surface area contributed by atoms with Gasteiger partial charge in [-0.2, -0.15) is 0 Å². The molecule has 1 aliphatic rings. The number of benzene rings is 3. The lowest BCUT2D eigenvalue weighted by molar-refractivity contribution is 0.0918. The number of ether oxygens (including phenoxy) is 1. The van der Waals surface area contributed by atoms with Gasteiger partial charge in [0.15, 0.2) is 0 Å². The van der Waals surface area contributed by atoms with E-state index in [1.54, 1.807) is 12.1 Å². The van der Waals surface area contributed by atoms with Crippen LogP contribution in [0.1, 0.15) is 23.7 Å². The third kappa shape index (κ3) is 3.90. The van der Waals surface area contributed by atoms with Crippen molar-refractivity contribution in [2.24, 2.45) is 5.92 Å². The zero-order chi connectivity index (χ0) is 18.9. The summed E-state index contributed by atoms with van der Waals surface area (Å²) >= 11 is 0. The Balaban J connectivity index is 1.50. The second-order valence-corrected chi connectivity index (χ2v) is 8.88. The molecule has 0 aliphatic carbocycles. The van der Waals surface area contributed by atoms with Crippen LogP contribution in [0.15, 0.2) is 71.6 Å². The average molecular weight is 381 g/mol. The molecule has 1 fully saturated rings. The van der Waals surface area contributed by atoms with Crippen LogP contribution in [0.5, 0.6) is 0 Å². The Labute approximate surface area is 160 Å². The molecule has 3 aromatic carbocycles. The molecule has 3 aromatic rings. The molecule has 0 radical (unpaired) electrons. The molecule has 4 rings (SSSR count). The molecule has 0 amide bonds. The van der Waals surface area contributed by atoms with Crippen molar-refractivity contribution < 1.29 is 13.2 Å². The largest absolute Gasteiger partial charge is 0.373 e. The number of nitrogens with one attached hydrogen (secondary N) is 1. The summed E-state index contributed by atoms with van der Waals surface area (Å²) in [6, 6.07) is 21.5. The normalized spacial score (nSPS) is 20.2. The molecule has 0 saturated carbocycles. The number of fused-ring (bicyclic) bond motifs is 1. The maximum absolute atomic E-state index is 12.6. The van der Waals surface area contributed by atoms with E-state index >= 15 is 0 Å². The highest BCUT2D eigenvalue weighted by molar-refractivity contribution is 7.89. The summed E-state index contributed by atoms with van der Waals surface area (Å²) < 4.78 is 33.9. The van der Waals surface area contributed by atoms with Gasteiger partial charge in [-0.25, -0.2) is 13.1 Å². The van der Waals surface area contributed by atoms with E-state index in [-0.39, 0.29) is 12.0 Å². The van der Waals surface area contributed by atoms with E-state index in [1.165, 1.54) is 10.8 Å². The highest BCUT2D eigenvalue weighted by atomic mass is 32.2. The van der Waals surface area contributed by atoms with Gasteiger partial charge < -0.3 is 4.74 Å². The van der Waals surface area contributed by atoms with Crippen LogP contribution in [-0.4, -0.2) is 21.6 Å². The van der Waals surface area contributed by atoms with Gasteiger partial charge in [-0.3, -0.25) is 0 Å². The van der Waals surface area contributed by atoms with Gasteiger partial charge in [0.2, 0.25) is 10.0 Å². The van der Waals surface area contributed by atoms with Crippen LogP contribution in [0.25, 0.3) is 10.8 Å². The Morgan fingerprint density at radius 2 is 1.74 bits per heavy atom. The number of hydrogen-bond donors (Lipinski definition) is 1. The lowest BCUT2D eigenvalue weighted by atomic mass is 9.94. The summed E-state index contributed by atoms with van der Waals surface area (Å²) in [6.45, 7) is 2.95. The molecule has 0 aromatic heterocycles. The van der Waals surface area contributed by atoms with Crippen molar-refractivity contribution in [3.8, 4) is 0 Å². The minimum Gasteiger partial charge on any atom is -0.373 e. The van der Waals surface area contributed by atoms with Crippen LogP contribution in [-0.2, 0) is 14.8 Å². The van der Waals surface area contributed by atoms with Gasteiger partial charge in [0, 0.05) is 19.1 Å². The van der Waals surface area contributed by atoms with E-state index in [0.29, 0.717) is 18.0 Å². The molecule has 27 heavy (non-hydrogen) atoms. The molecule has 4 nitrogen and oxygen atoms in total. The zero-order valence-corrected chi connectivity index (χ0v) is 16.1. The van der Waals surface area contributed by atoms with Gasteiger partial charge in [-0.05, 0) is 47.9 Å². The standard InChI is InChI=1S/C22H23NO3S/c1-16-6-10-21(11-7-16)27(24,25)23-15-20-12-13-26-22(20)19-9-8-17-4-2-3-5-18(17)14-19/h2-11,14,20,22-23H,12-13,15H2,1H3/t20-,22+/m0/s1. The lowest BCUT2D eigenvalue weighted by Gasteiger charge is -2.20. The average Bonchev–Trinajstić information content (AvgIpc) is 3.15. The van der Waals surface area contributed by atoms with Gasteiger partial charge in [0.1, 0.15) is 0 Å². The summed E-state index contributed by atoms with van der Waals surface area (Å²) in [6.07, 6.45) is 0.754. The fourth-order valence-electron chi connectivity index (χ4n) is 3.61. The highest BCUT2D eigenvalue weighted by Crippen LogP contribution is 2.35. The Morgan fingerprint density at radius 1 is 1.00 bits per heavy atom. The summed E-state index contributed by atoms with van der Waals surface area (Å²) in [7, 11) is -3.51. The predicted octanol–water partition coefficient (Wildman–Crippen LogP) is 4.20. The van der Waals surface area contributed by atoms with Crippen LogP contribution >= 0.6 is 0 Å². The van der Waals surface area contributed by atoms with Crippen molar-refractivity contribution >= 4 is 20.8 Å². The van der Waals surface area contributed by atoms with Crippen LogP contribution in [0.4, 0.5) is 0 Å². The predicted molar refractivity (Wildman–Crippen MR) is 107 cm³/mol. The Morgan fingerprint density at radius 3 is 2.52 bits per heavy atom. The molecule has 1 aliphatic heterocycles. The summed E-state index contributed by atoms with van der Waals surface area (Å²) in [4.78, 5) is 0.300. The third-order valence-electron chi connectivity index (χ3n) is 5.18. The van der Waals surface area contributed by atoms with Crippen molar-refractivity contribution in [3.05, 3.63) is 77.9 Å². The third-order valence-corrected chi connectivity index (χ3v) is 6.62. The minimum atomic E-state index is -3.51. The molecule has 1 N–H and O–H groups in total.